The van der Waals surface area contributed by atoms with Crippen LogP contribution in [0.4, 0.5) is 0 Å². The standard InChI is InChI=1S/C12H19ClN2/c1-3-4-8-11(15-14)10-7-5-6-9(2)12(10)13/h5-7,11,15H,3-4,8,14H2,1-2H3. The summed E-state index contributed by atoms with van der Waals surface area (Å²) in [6.45, 7) is 4.19. The van der Waals surface area contributed by atoms with Crippen LogP contribution in [0.25, 0.3) is 0 Å². The molecule has 1 aromatic rings. The fourth-order valence-electron chi connectivity index (χ4n) is 1.68. The van der Waals surface area contributed by atoms with E-state index in [1.165, 1.54) is 6.42 Å². The SMILES string of the molecule is CCCCC(NN)c1cccc(C)c1Cl. The third-order valence-electron chi connectivity index (χ3n) is 2.64. The molecule has 3 N–H and O–H groups in total. The number of halogens is 1. The number of nitrogens with two attached hydrogens (primary N) is 1. The Morgan fingerprint density at radius 2 is 2.20 bits per heavy atom. The molecule has 0 aliphatic carbocycles. The molecule has 0 aliphatic rings. The first-order chi connectivity index (χ1) is 7.20. The summed E-state index contributed by atoms with van der Waals surface area (Å²) in [5.41, 5.74) is 5.04. The first-order valence-corrected chi connectivity index (χ1v) is 5.79. The molecule has 15 heavy (non-hydrogen) atoms. The summed E-state index contributed by atoms with van der Waals surface area (Å²) in [7, 11) is 0. The second-order valence-corrected chi connectivity index (χ2v) is 4.22. The predicted octanol–water partition coefficient (Wildman–Crippen LogP) is 3.34. The molecule has 84 valence electrons. The van der Waals surface area contributed by atoms with Crippen LogP contribution in [0.2, 0.25) is 5.02 Å². The third-order valence-corrected chi connectivity index (χ3v) is 3.16. The van der Waals surface area contributed by atoms with Gasteiger partial charge in [-0.15, -0.1) is 0 Å². The molecule has 0 aromatic heterocycles. The molecule has 1 atom stereocenters. The quantitative estimate of drug-likeness (QED) is 0.597. The van der Waals surface area contributed by atoms with Crippen LogP contribution < -0.4 is 11.3 Å². The van der Waals surface area contributed by atoms with E-state index in [2.05, 4.69) is 12.3 Å². The van der Waals surface area contributed by atoms with Crippen molar-refractivity contribution in [3.05, 3.63) is 34.3 Å². The first-order valence-electron chi connectivity index (χ1n) is 5.41. The van der Waals surface area contributed by atoms with Crippen molar-refractivity contribution < 1.29 is 0 Å². The molecule has 0 spiro atoms. The summed E-state index contributed by atoms with van der Waals surface area (Å²) in [4.78, 5) is 0. The van der Waals surface area contributed by atoms with Crippen LogP contribution >= 0.6 is 11.6 Å². The molecule has 0 aliphatic heterocycles. The van der Waals surface area contributed by atoms with Crippen molar-refractivity contribution in [2.75, 3.05) is 0 Å². The van der Waals surface area contributed by atoms with Gasteiger partial charge in [-0.2, -0.15) is 0 Å². The van der Waals surface area contributed by atoms with Crippen molar-refractivity contribution in [1.82, 2.24) is 5.43 Å². The van der Waals surface area contributed by atoms with Gasteiger partial charge in [0.05, 0.1) is 0 Å². The minimum atomic E-state index is 0.164. The van der Waals surface area contributed by atoms with Gasteiger partial charge in [-0.3, -0.25) is 11.3 Å². The fourth-order valence-corrected chi connectivity index (χ4v) is 1.93. The number of rotatable bonds is 5. The molecule has 0 amide bonds. The van der Waals surface area contributed by atoms with Crippen LogP contribution in [0.5, 0.6) is 0 Å². The van der Waals surface area contributed by atoms with Gasteiger partial charge in [0.2, 0.25) is 0 Å². The lowest BCUT2D eigenvalue weighted by molar-refractivity contribution is 0.495. The molecule has 0 radical (unpaired) electrons. The van der Waals surface area contributed by atoms with Crippen molar-refractivity contribution in [3.8, 4) is 0 Å². The Kier molecular flexibility index (Phi) is 5.09. The molecular formula is C12H19ClN2. The summed E-state index contributed by atoms with van der Waals surface area (Å²) in [6, 6.07) is 6.24. The second kappa shape index (κ2) is 6.11. The number of hydrogen-bond acceptors (Lipinski definition) is 2. The highest BCUT2D eigenvalue weighted by molar-refractivity contribution is 6.32. The van der Waals surface area contributed by atoms with Crippen molar-refractivity contribution in [3.63, 3.8) is 0 Å². The second-order valence-electron chi connectivity index (χ2n) is 3.84. The molecule has 2 nitrogen and oxygen atoms in total. The Bertz CT molecular complexity index is 312. The van der Waals surface area contributed by atoms with Crippen LogP contribution in [0.15, 0.2) is 18.2 Å². The van der Waals surface area contributed by atoms with E-state index >= 15 is 0 Å². The van der Waals surface area contributed by atoms with E-state index < -0.39 is 0 Å². The fraction of sp³-hybridized carbons (Fsp3) is 0.500. The average Bonchev–Trinajstić information content (AvgIpc) is 2.25. The van der Waals surface area contributed by atoms with Crippen molar-refractivity contribution >= 4 is 11.6 Å². The number of aryl methyl sites for hydroxylation is 1. The van der Waals surface area contributed by atoms with Gasteiger partial charge in [-0.25, -0.2) is 0 Å². The molecule has 1 aromatic carbocycles. The monoisotopic (exact) mass is 226 g/mol. The highest BCUT2D eigenvalue weighted by atomic mass is 35.5. The van der Waals surface area contributed by atoms with E-state index in [0.717, 1.165) is 29.0 Å². The van der Waals surface area contributed by atoms with Gasteiger partial charge < -0.3 is 0 Å². The number of hydrazine groups is 1. The lowest BCUT2D eigenvalue weighted by Crippen LogP contribution is -2.28. The summed E-state index contributed by atoms with van der Waals surface area (Å²) < 4.78 is 0. The van der Waals surface area contributed by atoms with E-state index in [4.69, 9.17) is 17.4 Å². The normalized spacial score (nSPS) is 12.8. The zero-order chi connectivity index (χ0) is 11.3. The largest absolute Gasteiger partial charge is 0.271 e. The number of benzene rings is 1. The number of unbranched alkanes of at least 4 members (excludes halogenated alkanes) is 1. The van der Waals surface area contributed by atoms with Crippen LogP contribution in [0.3, 0.4) is 0 Å². The van der Waals surface area contributed by atoms with Crippen molar-refractivity contribution in [2.45, 2.75) is 39.2 Å². The van der Waals surface area contributed by atoms with Crippen LogP contribution in [0, 0.1) is 6.92 Å². The molecule has 0 bridgehead atoms. The zero-order valence-corrected chi connectivity index (χ0v) is 10.1. The zero-order valence-electron chi connectivity index (χ0n) is 9.39. The van der Waals surface area contributed by atoms with Crippen LogP contribution in [-0.2, 0) is 0 Å². The van der Waals surface area contributed by atoms with Gasteiger partial charge in [0.15, 0.2) is 0 Å². The summed E-state index contributed by atoms with van der Waals surface area (Å²) in [6.07, 6.45) is 3.34. The minimum Gasteiger partial charge on any atom is -0.271 e. The highest BCUT2D eigenvalue weighted by Gasteiger charge is 2.13. The van der Waals surface area contributed by atoms with E-state index in [9.17, 15) is 0 Å². The summed E-state index contributed by atoms with van der Waals surface area (Å²) in [5, 5.41) is 0.830. The molecule has 0 saturated heterocycles. The maximum Gasteiger partial charge on any atom is 0.0483 e. The molecular weight excluding hydrogens is 208 g/mol. The van der Waals surface area contributed by atoms with Crippen LogP contribution in [-0.4, -0.2) is 0 Å². The molecule has 3 heteroatoms. The summed E-state index contributed by atoms with van der Waals surface area (Å²) in [5.74, 6) is 5.56. The van der Waals surface area contributed by atoms with Gasteiger partial charge in [-0.1, -0.05) is 49.6 Å². The topological polar surface area (TPSA) is 38.0 Å². The summed E-state index contributed by atoms with van der Waals surface area (Å²) >= 11 is 6.25. The lowest BCUT2D eigenvalue weighted by Gasteiger charge is -2.18. The first kappa shape index (κ1) is 12.5. The molecule has 0 fully saturated rings. The third kappa shape index (κ3) is 3.20. The van der Waals surface area contributed by atoms with Gasteiger partial charge in [0.1, 0.15) is 0 Å². The Labute approximate surface area is 96.8 Å². The van der Waals surface area contributed by atoms with E-state index in [1.54, 1.807) is 0 Å². The number of nitrogens with one attached hydrogen (secondary N) is 1. The predicted molar refractivity (Wildman–Crippen MR) is 65.8 cm³/mol. The maximum atomic E-state index is 6.25. The van der Waals surface area contributed by atoms with E-state index in [-0.39, 0.29) is 6.04 Å². The van der Waals surface area contributed by atoms with Gasteiger partial charge in [0.25, 0.3) is 0 Å². The molecule has 0 heterocycles. The maximum absolute atomic E-state index is 6.25. The van der Waals surface area contributed by atoms with Crippen molar-refractivity contribution in [2.24, 2.45) is 5.84 Å². The highest BCUT2D eigenvalue weighted by Crippen LogP contribution is 2.28. The Morgan fingerprint density at radius 1 is 1.47 bits per heavy atom. The number of hydrogen-bond donors (Lipinski definition) is 2. The Morgan fingerprint density at radius 3 is 2.80 bits per heavy atom. The minimum absolute atomic E-state index is 0.164. The Hall–Kier alpha value is -0.570. The Balaban J connectivity index is 2.86. The van der Waals surface area contributed by atoms with E-state index in [1.807, 2.05) is 25.1 Å². The molecule has 1 unspecified atom stereocenters. The molecule has 0 saturated carbocycles. The van der Waals surface area contributed by atoms with Gasteiger partial charge in [0, 0.05) is 11.1 Å². The van der Waals surface area contributed by atoms with E-state index in [0.29, 0.717) is 0 Å². The van der Waals surface area contributed by atoms with Gasteiger partial charge >= 0.3 is 0 Å². The average molecular weight is 227 g/mol. The van der Waals surface area contributed by atoms with Gasteiger partial charge in [-0.05, 0) is 24.5 Å². The molecule has 1 rings (SSSR count). The lowest BCUT2D eigenvalue weighted by atomic mass is 10.00. The van der Waals surface area contributed by atoms with Crippen molar-refractivity contribution in [1.29, 1.82) is 0 Å². The smallest absolute Gasteiger partial charge is 0.0483 e. The van der Waals surface area contributed by atoms with Crippen LogP contribution in [0.1, 0.15) is 43.4 Å².